The van der Waals surface area contributed by atoms with Gasteiger partial charge in [0.05, 0.1) is 12.2 Å². The molecule has 35 heavy (non-hydrogen) atoms. The van der Waals surface area contributed by atoms with Gasteiger partial charge in [-0.05, 0) is 113 Å². The Morgan fingerprint density at radius 2 is 1.94 bits per heavy atom. The Hall–Kier alpha value is -0.110. The summed E-state index contributed by atoms with van der Waals surface area (Å²) in [6.45, 7) is 12.0. The summed E-state index contributed by atoms with van der Waals surface area (Å²) in [5.74, 6) is 4.26. The highest BCUT2D eigenvalue weighted by molar-refractivity contribution is 7.96. The van der Waals surface area contributed by atoms with E-state index >= 15 is 0 Å². The van der Waals surface area contributed by atoms with Crippen LogP contribution in [0.4, 0.5) is 0 Å². The largest absolute Gasteiger partial charge is 0.412 e. The Balaban J connectivity index is 0.00000171. The summed E-state index contributed by atoms with van der Waals surface area (Å²) in [5, 5.41) is 3.84. The lowest BCUT2D eigenvalue weighted by Gasteiger charge is -2.54. The summed E-state index contributed by atoms with van der Waals surface area (Å²) in [6.07, 6.45) is 17.1. The van der Waals surface area contributed by atoms with Crippen molar-refractivity contribution in [1.82, 2.24) is 10.0 Å². The zero-order valence-electron chi connectivity index (χ0n) is 23.1. The van der Waals surface area contributed by atoms with Gasteiger partial charge in [-0.3, -0.25) is 4.72 Å². The number of hydrogen-bond donors (Lipinski definition) is 2. The van der Waals surface area contributed by atoms with Crippen LogP contribution in [0.15, 0.2) is 11.1 Å². The van der Waals surface area contributed by atoms with Crippen LogP contribution in [-0.2, 0) is 4.74 Å². The van der Waals surface area contributed by atoms with Gasteiger partial charge in [0, 0.05) is 20.9 Å². The van der Waals surface area contributed by atoms with Gasteiger partial charge in [-0.1, -0.05) is 50.3 Å². The number of rotatable bonds is 6. The number of nitrogens with one attached hydrogen (secondary N) is 2. The van der Waals surface area contributed by atoms with Crippen LogP contribution < -0.4 is 10.0 Å². The van der Waals surface area contributed by atoms with E-state index < -0.39 is 0 Å². The lowest BCUT2D eigenvalue weighted by molar-refractivity contribution is -0.0457. The molecule has 0 aromatic carbocycles. The maximum absolute atomic E-state index is 6.72. The van der Waals surface area contributed by atoms with Crippen LogP contribution in [0, 0.1) is 35.0 Å². The van der Waals surface area contributed by atoms with E-state index in [2.05, 4.69) is 44.0 Å². The molecule has 6 N–H and O–H groups in total. The molecule has 5 nitrogen and oxygen atoms in total. The first kappa shape index (κ1) is 29.4. The molecule has 0 bridgehead atoms. The van der Waals surface area contributed by atoms with Crippen molar-refractivity contribution in [3.05, 3.63) is 11.1 Å². The van der Waals surface area contributed by atoms with Crippen molar-refractivity contribution in [2.45, 2.75) is 116 Å². The molecule has 1 saturated heterocycles. The molecule has 208 valence electrons. The highest BCUT2D eigenvalue weighted by atomic mass is 32.2. The highest BCUT2D eigenvalue weighted by Gasteiger charge is 2.57. The molecule has 5 rings (SSSR count). The van der Waals surface area contributed by atoms with Crippen LogP contribution in [0.3, 0.4) is 0 Å². The molecule has 4 aliphatic carbocycles. The van der Waals surface area contributed by atoms with Crippen LogP contribution in [-0.4, -0.2) is 48.0 Å². The van der Waals surface area contributed by atoms with E-state index in [1.165, 1.54) is 70.6 Å². The summed E-state index contributed by atoms with van der Waals surface area (Å²) in [7, 11) is 0. The molecule has 3 saturated carbocycles. The van der Waals surface area contributed by atoms with E-state index in [0.29, 0.717) is 17.4 Å². The van der Waals surface area contributed by atoms with Gasteiger partial charge in [0.1, 0.15) is 0 Å². The molecule has 4 fully saturated rings. The topological polar surface area (TPSA) is 96.3 Å². The summed E-state index contributed by atoms with van der Waals surface area (Å²) in [5.41, 5.74) is 4.25. The van der Waals surface area contributed by atoms with Crippen molar-refractivity contribution >= 4 is 11.9 Å². The first-order valence-corrected chi connectivity index (χ1v) is 15.5. The summed E-state index contributed by atoms with van der Waals surface area (Å²) in [4.78, 5) is 0. The standard InChI is InChI=1S/C29H50N2OS.2H2O.2H2/c1-6-7-14-30-27-18-32-29(20(27)3)13-11-23-24-9-8-21-15-22(31-33-5)10-12-28(21,4)26(24)16-25(23)19(2)17-29;;;;/h20-24,26-27,30-31H,6-18H2,1-5H3;2*1H2;2*1H/t20-,21?,22-,23+,24?,26+,27-,28+,29+;;;;/m1..../s1. The summed E-state index contributed by atoms with van der Waals surface area (Å²) < 4.78 is 10.4. The van der Waals surface area contributed by atoms with E-state index in [-0.39, 0.29) is 19.4 Å². The average Bonchev–Trinajstić information content (AvgIpc) is 3.28. The van der Waals surface area contributed by atoms with Crippen molar-refractivity contribution in [2.75, 3.05) is 19.4 Å². The lowest BCUT2D eigenvalue weighted by atomic mass is 9.52. The average molecular weight is 515 g/mol. The third kappa shape index (κ3) is 5.14. The van der Waals surface area contributed by atoms with Gasteiger partial charge >= 0.3 is 0 Å². The van der Waals surface area contributed by atoms with Crippen LogP contribution in [0.1, 0.15) is 101 Å². The van der Waals surface area contributed by atoms with Crippen molar-refractivity contribution < 1.29 is 18.5 Å². The molecule has 1 aliphatic heterocycles. The highest BCUT2D eigenvalue weighted by Crippen LogP contribution is 2.65. The predicted molar refractivity (Wildman–Crippen MR) is 153 cm³/mol. The molecule has 2 unspecified atom stereocenters. The zero-order valence-corrected chi connectivity index (χ0v) is 23.9. The molecule has 0 aromatic heterocycles. The second kappa shape index (κ2) is 11.7. The Morgan fingerprint density at radius 3 is 2.69 bits per heavy atom. The fourth-order valence-electron chi connectivity index (χ4n) is 9.27. The minimum Gasteiger partial charge on any atom is -0.412 e. The normalized spacial score (nSPS) is 44.7. The third-order valence-corrected chi connectivity index (χ3v) is 11.9. The minimum absolute atomic E-state index is 0. The van der Waals surface area contributed by atoms with Gasteiger partial charge < -0.3 is 21.0 Å². The molecule has 0 aromatic rings. The SMILES string of the molecule is CCCCN[C@@H]1CO[C@]2(CC[C@@H]3C(=C(C)C2)C[C@H]2C3CCC3C[C@H](NSC)CC[C@@]32C)[C@@H]1C.O.O.[HH].[HH]. The zero-order chi connectivity index (χ0) is 23.2. The van der Waals surface area contributed by atoms with Crippen molar-refractivity contribution in [3.8, 4) is 0 Å². The van der Waals surface area contributed by atoms with Gasteiger partial charge in [-0.15, -0.1) is 0 Å². The van der Waals surface area contributed by atoms with E-state index in [1.54, 1.807) is 5.57 Å². The van der Waals surface area contributed by atoms with E-state index in [9.17, 15) is 0 Å². The van der Waals surface area contributed by atoms with E-state index in [4.69, 9.17) is 4.74 Å². The van der Waals surface area contributed by atoms with Crippen molar-refractivity contribution in [1.29, 1.82) is 0 Å². The molecule has 0 radical (unpaired) electrons. The second-order valence-corrected chi connectivity index (χ2v) is 13.4. The number of unbranched alkanes of at least 4 members (excludes halogenated alkanes) is 1. The van der Waals surface area contributed by atoms with Gasteiger partial charge in [-0.25, -0.2) is 0 Å². The molecular formula is C29H58N2O3S. The van der Waals surface area contributed by atoms with Crippen molar-refractivity contribution in [2.24, 2.45) is 35.0 Å². The Morgan fingerprint density at radius 1 is 1.14 bits per heavy atom. The second-order valence-electron chi connectivity index (χ2n) is 12.8. The predicted octanol–water partition coefficient (Wildman–Crippen LogP) is 5.58. The van der Waals surface area contributed by atoms with Crippen LogP contribution in [0.2, 0.25) is 0 Å². The molecule has 6 heteroatoms. The summed E-state index contributed by atoms with van der Waals surface area (Å²) >= 11 is 1.83. The smallest absolute Gasteiger partial charge is 0.0761 e. The Bertz CT molecular complexity index is 759. The Labute approximate surface area is 222 Å². The molecular weight excluding hydrogens is 456 g/mol. The van der Waals surface area contributed by atoms with Gasteiger partial charge in [0.2, 0.25) is 0 Å². The van der Waals surface area contributed by atoms with Gasteiger partial charge in [-0.2, -0.15) is 0 Å². The fraction of sp³-hybridized carbons (Fsp3) is 0.931. The number of allylic oxidation sites excluding steroid dienone is 1. The number of ether oxygens (including phenoxy) is 1. The molecule has 0 amide bonds. The molecule has 5 aliphatic rings. The molecule has 1 heterocycles. The quantitative estimate of drug-likeness (QED) is 0.275. The van der Waals surface area contributed by atoms with Crippen molar-refractivity contribution in [3.63, 3.8) is 0 Å². The number of hydrogen-bond acceptors (Lipinski definition) is 4. The first-order valence-electron chi connectivity index (χ1n) is 14.3. The van der Waals surface area contributed by atoms with Gasteiger partial charge in [0.15, 0.2) is 0 Å². The summed E-state index contributed by atoms with van der Waals surface area (Å²) in [6, 6.07) is 1.28. The van der Waals surface area contributed by atoms with Crippen LogP contribution in [0.25, 0.3) is 0 Å². The Kier molecular flexibility index (Phi) is 9.87. The first-order chi connectivity index (χ1) is 15.9. The van der Waals surface area contributed by atoms with Gasteiger partial charge in [0.25, 0.3) is 0 Å². The maximum atomic E-state index is 6.72. The fourth-order valence-corrected chi connectivity index (χ4v) is 9.81. The third-order valence-electron chi connectivity index (χ3n) is 11.3. The lowest BCUT2D eigenvalue weighted by Crippen LogP contribution is -2.49. The minimum atomic E-state index is 0. The van der Waals surface area contributed by atoms with E-state index in [1.807, 2.05) is 17.5 Å². The number of fused-ring (bicyclic) bond motifs is 5. The van der Waals surface area contributed by atoms with E-state index in [0.717, 1.165) is 42.9 Å². The van der Waals surface area contributed by atoms with Crippen LogP contribution >= 0.6 is 11.9 Å². The monoisotopic (exact) mass is 514 g/mol. The maximum Gasteiger partial charge on any atom is 0.0761 e. The molecule has 1 spiro atoms. The van der Waals surface area contributed by atoms with Crippen LogP contribution in [0.5, 0.6) is 0 Å². The molecule has 9 atom stereocenters.